The maximum absolute atomic E-state index is 11.5. The van der Waals surface area contributed by atoms with Crippen molar-refractivity contribution in [2.24, 2.45) is 10.7 Å². The highest BCUT2D eigenvalue weighted by Crippen LogP contribution is 2.30. The summed E-state index contributed by atoms with van der Waals surface area (Å²) in [7, 11) is 0. The molecule has 7 heteroatoms. The van der Waals surface area contributed by atoms with E-state index < -0.39 is 11.9 Å². The van der Waals surface area contributed by atoms with Gasteiger partial charge in [-0.3, -0.25) is 4.79 Å². The number of rotatable bonds is 3. The number of benzene rings is 1. The number of amidine groups is 1. The van der Waals surface area contributed by atoms with Crippen LogP contribution >= 0.6 is 11.8 Å². The molecular weight excluding hydrogens is 304 g/mol. The fourth-order valence-corrected chi connectivity index (χ4v) is 2.68. The minimum atomic E-state index is -1.03. The third kappa shape index (κ3) is 2.66. The van der Waals surface area contributed by atoms with Gasteiger partial charge in [-0.25, -0.2) is 4.79 Å². The van der Waals surface area contributed by atoms with E-state index in [2.05, 4.69) is 4.99 Å². The largest absolute Gasteiger partial charge is 0.478 e. The molecule has 0 radical (unpaired) electrons. The lowest BCUT2D eigenvalue weighted by atomic mass is 10.1. The smallest absolute Gasteiger partial charge is 0.336 e. The Hall–Kier alpha value is -2.80. The first-order chi connectivity index (χ1) is 10.5. The molecule has 0 bridgehead atoms. The van der Waals surface area contributed by atoms with Crippen molar-refractivity contribution in [2.75, 3.05) is 0 Å². The molecule has 6 nitrogen and oxygen atoms in total. The second-order valence-electron chi connectivity index (χ2n) is 4.42. The van der Waals surface area contributed by atoms with E-state index in [0.29, 0.717) is 22.0 Å². The van der Waals surface area contributed by atoms with Crippen molar-refractivity contribution >= 4 is 34.9 Å². The molecular formula is C15H10N2O4S. The van der Waals surface area contributed by atoms with Crippen LogP contribution in [0.3, 0.4) is 0 Å². The minimum Gasteiger partial charge on any atom is -0.478 e. The molecule has 22 heavy (non-hydrogen) atoms. The van der Waals surface area contributed by atoms with Crippen molar-refractivity contribution in [1.82, 2.24) is 0 Å². The predicted octanol–water partition coefficient (Wildman–Crippen LogP) is 2.57. The standard InChI is InChI=1S/C15H10N2O4S/c16-15-17-13(18)12(22-15)7-8-5-6-11(21-8)9-3-1-2-4-10(9)14(19)20/h1-7H,(H,19,20)(H2,16,17,18)/b12-7+. The highest BCUT2D eigenvalue weighted by Gasteiger charge is 2.20. The number of aromatic carboxylic acids is 1. The van der Waals surface area contributed by atoms with E-state index >= 15 is 0 Å². The SMILES string of the molecule is NC1=NC(=O)/C(=C\c2ccc(-c3ccccc3C(=O)O)o2)S1. The Kier molecular flexibility index (Phi) is 3.56. The maximum Gasteiger partial charge on any atom is 0.336 e. The lowest BCUT2D eigenvalue weighted by Gasteiger charge is -2.02. The maximum atomic E-state index is 11.5. The summed E-state index contributed by atoms with van der Waals surface area (Å²) in [5.41, 5.74) is 6.10. The van der Waals surface area contributed by atoms with Gasteiger partial charge in [0, 0.05) is 11.6 Å². The molecule has 0 spiro atoms. The van der Waals surface area contributed by atoms with Crippen molar-refractivity contribution < 1.29 is 19.1 Å². The molecule has 0 atom stereocenters. The topological polar surface area (TPSA) is 106 Å². The number of thioether (sulfide) groups is 1. The average molecular weight is 314 g/mol. The Balaban J connectivity index is 1.94. The molecule has 2 heterocycles. The molecule has 3 N–H and O–H groups in total. The van der Waals surface area contributed by atoms with E-state index in [9.17, 15) is 14.7 Å². The van der Waals surface area contributed by atoms with Gasteiger partial charge in [0.05, 0.1) is 10.5 Å². The highest BCUT2D eigenvalue weighted by atomic mass is 32.2. The quantitative estimate of drug-likeness (QED) is 0.843. The summed E-state index contributed by atoms with van der Waals surface area (Å²) >= 11 is 1.07. The molecule has 1 amide bonds. The first-order valence-electron chi connectivity index (χ1n) is 6.25. The Bertz CT molecular complexity index is 836. The van der Waals surface area contributed by atoms with E-state index in [4.69, 9.17) is 10.2 Å². The van der Waals surface area contributed by atoms with Crippen LogP contribution in [0.4, 0.5) is 0 Å². The van der Waals surface area contributed by atoms with Crippen LogP contribution in [0.25, 0.3) is 17.4 Å². The van der Waals surface area contributed by atoms with Crippen LogP contribution in [0.2, 0.25) is 0 Å². The van der Waals surface area contributed by atoms with Gasteiger partial charge < -0.3 is 15.3 Å². The number of aliphatic imine (C=N–C) groups is 1. The lowest BCUT2D eigenvalue weighted by molar-refractivity contribution is -0.113. The van der Waals surface area contributed by atoms with E-state index in [1.165, 1.54) is 12.1 Å². The lowest BCUT2D eigenvalue weighted by Crippen LogP contribution is -2.01. The Morgan fingerprint density at radius 3 is 2.73 bits per heavy atom. The summed E-state index contributed by atoms with van der Waals surface area (Å²) in [6.45, 7) is 0. The van der Waals surface area contributed by atoms with E-state index in [1.54, 1.807) is 30.3 Å². The fraction of sp³-hybridized carbons (Fsp3) is 0. The van der Waals surface area contributed by atoms with Gasteiger partial charge in [0.1, 0.15) is 11.5 Å². The van der Waals surface area contributed by atoms with Crippen LogP contribution in [0.1, 0.15) is 16.1 Å². The number of carbonyl (C=O) groups is 2. The van der Waals surface area contributed by atoms with Gasteiger partial charge >= 0.3 is 5.97 Å². The van der Waals surface area contributed by atoms with Crippen molar-refractivity contribution in [2.45, 2.75) is 0 Å². The van der Waals surface area contributed by atoms with E-state index in [-0.39, 0.29) is 10.7 Å². The average Bonchev–Trinajstić information content (AvgIpc) is 3.06. The summed E-state index contributed by atoms with van der Waals surface area (Å²) in [6, 6.07) is 9.85. The van der Waals surface area contributed by atoms with Crippen LogP contribution in [0.15, 0.2) is 50.7 Å². The zero-order chi connectivity index (χ0) is 15.7. The number of hydrogen-bond donors (Lipinski definition) is 2. The third-order valence-corrected chi connectivity index (χ3v) is 3.77. The minimum absolute atomic E-state index is 0.148. The molecule has 1 aromatic heterocycles. The number of nitrogens with zero attached hydrogens (tertiary/aromatic N) is 1. The molecule has 0 fully saturated rings. The summed E-state index contributed by atoms with van der Waals surface area (Å²) in [4.78, 5) is 26.7. The molecule has 110 valence electrons. The molecule has 1 aliphatic rings. The second-order valence-corrected chi connectivity index (χ2v) is 5.48. The molecule has 1 aliphatic heterocycles. The van der Waals surface area contributed by atoms with E-state index in [1.807, 2.05) is 0 Å². The number of carbonyl (C=O) groups excluding carboxylic acids is 1. The van der Waals surface area contributed by atoms with Crippen LogP contribution in [-0.2, 0) is 4.79 Å². The zero-order valence-electron chi connectivity index (χ0n) is 11.1. The van der Waals surface area contributed by atoms with Crippen LogP contribution in [-0.4, -0.2) is 22.2 Å². The number of hydrogen-bond acceptors (Lipinski definition) is 5. The summed E-state index contributed by atoms with van der Waals surface area (Å²) in [5, 5.41) is 9.39. The monoisotopic (exact) mass is 314 g/mol. The van der Waals surface area contributed by atoms with Crippen molar-refractivity contribution in [3.8, 4) is 11.3 Å². The van der Waals surface area contributed by atoms with Gasteiger partial charge in [0.25, 0.3) is 5.91 Å². The molecule has 0 unspecified atom stereocenters. The van der Waals surface area contributed by atoms with Gasteiger partial charge in [-0.2, -0.15) is 4.99 Å². The molecule has 0 saturated heterocycles. The number of nitrogens with two attached hydrogens (primary N) is 1. The Morgan fingerprint density at radius 2 is 2.05 bits per heavy atom. The molecule has 3 rings (SSSR count). The molecule has 0 saturated carbocycles. The Morgan fingerprint density at radius 1 is 1.27 bits per heavy atom. The van der Waals surface area contributed by atoms with Crippen LogP contribution < -0.4 is 5.73 Å². The zero-order valence-corrected chi connectivity index (χ0v) is 12.0. The van der Waals surface area contributed by atoms with Gasteiger partial charge in [-0.15, -0.1) is 0 Å². The first-order valence-corrected chi connectivity index (χ1v) is 7.07. The van der Waals surface area contributed by atoms with Crippen LogP contribution in [0.5, 0.6) is 0 Å². The van der Waals surface area contributed by atoms with E-state index in [0.717, 1.165) is 11.8 Å². The molecule has 2 aromatic rings. The predicted molar refractivity (Wildman–Crippen MR) is 83.3 cm³/mol. The molecule has 0 aliphatic carbocycles. The van der Waals surface area contributed by atoms with Gasteiger partial charge in [-0.1, -0.05) is 18.2 Å². The first kappa shape index (κ1) is 14.2. The number of furan rings is 1. The normalized spacial score (nSPS) is 16.1. The van der Waals surface area contributed by atoms with Crippen molar-refractivity contribution in [3.05, 3.63) is 52.6 Å². The fourth-order valence-electron chi connectivity index (χ4n) is 2.01. The van der Waals surface area contributed by atoms with Crippen molar-refractivity contribution in [1.29, 1.82) is 0 Å². The molecule has 1 aromatic carbocycles. The third-order valence-electron chi connectivity index (χ3n) is 2.96. The summed E-state index contributed by atoms with van der Waals surface area (Å²) in [6.07, 6.45) is 1.53. The van der Waals surface area contributed by atoms with Gasteiger partial charge in [0.15, 0.2) is 5.17 Å². The van der Waals surface area contributed by atoms with Crippen LogP contribution in [0, 0.1) is 0 Å². The summed E-state index contributed by atoms with van der Waals surface area (Å²) in [5.74, 6) is -0.605. The highest BCUT2D eigenvalue weighted by molar-refractivity contribution is 8.18. The van der Waals surface area contributed by atoms with Gasteiger partial charge in [0.2, 0.25) is 0 Å². The van der Waals surface area contributed by atoms with Gasteiger partial charge in [-0.05, 0) is 30.0 Å². The Labute approximate surface area is 129 Å². The summed E-state index contributed by atoms with van der Waals surface area (Å²) < 4.78 is 5.61. The number of carboxylic acids is 1. The van der Waals surface area contributed by atoms with Crippen molar-refractivity contribution in [3.63, 3.8) is 0 Å². The second kappa shape index (κ2) is 5.53. The number of carboxylic acid groups (broad SMARTS) is 1. The number of amides is 1.